The topological polar surface area (TPSA) is 82.1 Å². The van der Waals surface area contributed by atoms with Crippen LogP contribution in [-0.4, -0.2) is 58.7 Å². The lowest BCUT2D eigenvalue weighted by atomic mass is 9.97. The molecule has 2 N–H and O–H groups in total. The highest BCUT2D eigenvalue weighted by Gasteiger charge is 2.32. The van der Waals surface area contributed by atoms with Crippen molar-refractivity contribution in [3.8, 4) is 5.75 Å². The number of nitrogens with one attached hydrogen (secondary N) is 1. The molecule has 2 aliphatic rings. The number of urea groups is 1. The second-order valence-electron chi connectivity index (χ2n) is 10.0. The molecular formula is C27H35F2N3O4. The second-order valence-corrected chi connectivity index (χ2v) is 10.0. The van der Waals surface area contributed by atoms with Gasteiger partial charge in [0.15, 0.2) is 0 Å². The van der Waals surface area contributed by atoms with Gasteiger partial charge in [-0.1, -0.05) is 18.2 Å². The van der Waals surface area contributed by atoms with E-state index in [4.69, 9.17) is 14.6 Å². The SMILES string of the molecule is CC(=O)O.CN1CCC(N(Cc2ccc(F)cc2F)C(=O)NCc2cccc3c2CC(C)(C)O3)CC1. The van der Waals surface area contributed by atoms with Crippen molar-refractivity contribution in [1.29, 1.82) is 0 Å². The second kappa shape index (κ2) is 11.7. The summed E-state index contributed by atoms with van der Waals surface area (Å²) in [6, 6.07) is 9.18. The normalized spacial score (nSPS) is 16.8. The quantitative estimate of drug-likeness (QED) is 0.625. The van der Waals surface area contributed by atoms with Gasteiger partial charge in [-0.05, 0) is 64.5 Å². The monoisotopic (exact) mass is 503 g/mol. The third-order valence-electron chi connectivity index (χ3n) is 6.39. The fourth-order valence-corrected chi connectivity index (χ4v) is 4.61. The standard InChI is InChI=1S/C25H31F2N3O2.C2H4O2/c1-25(2)14-21-17(5-4-6-23(21)32-25)15-28-24(31)30(20-9-11-29(3)12-10-20)16-18-7-8-19(26)13-22(18)27;1-2(3)4/h4-8,13,20H,9-12,14-16H2,1-3H3,(H,28,31);1H3,(H,3,4). The Kier molecular flexibility index (Phi) is 8.89. The van der Waals surface area contributed by atoms with Gasteiger partial charge >= 0.3 is 6.03 Å². The van der Waals surface area contributed by atoms with E-state index in [2.05, 4.69) is 31.1 Å². The van der Waals surface area contributed by atoms with Crippen molar-refractivity contribution >= 4 is 12.0 Å². The summed E-state index contributed by atoms with van der Waals surface area (Å²) < 4.78 is 33.7. The van der Waals surface area contributed by atoms with Crippen molar-refractivity contribution in [2.75, 3.05) is 20.1 Å². The molecule has 2 aromatic rings. The molecule has 196 valence electrons. The molecular weight excluding hydrogens is 468 g/mol. The number of benzene rings is 2. The van der Waals surface area contributed by atoms with Gasteiger partial charge in [0.05, 0.1) is 6.54 Å². The van der Waals surface area contributed by atoms with E-state index in [1.54, 1.807) is 4.90 Å². The lowest BCUT2D eigenvalue weighted by molar-refractivity contribution is -0.134. The zero-order chi connectivity index (χ0) is 26.5. The summed E-state index contributed by atoms with van der Waals surface area (Å²) in [5, 5.41) is 10.5. The number of halogens is 2. The molecule has 0 aromatic heterocycles. The number of hydrogen-bond acceptors (Lipinski definition) is 4. The van der Waals surface area contributed by atoms with E-state index < -0.39 is 17.6 Å². The van der Waals surface area contributed by atoms with Crippen LogP contribution in [0.25, 0.3) is 0 Å². The third-order valence-corrected chi connectivity index (χ3v) is 6.39. The maximum Gasteiger partial charge on any atom is 0.318 e. The first-order valence-corrected chi connectivity index (χ1v) is 12.1. The minimum Gasteiger partial charge on any atom is -0.487 e. The predicted molar refractivity (Wildman–Crippen MR) is 133 cm³/mol. The molecule has 36 heavy (non-hydrogen) atoms. The third kappa shape index (κ3) is 7.40. The summed E-state index contributed by atoms with van der Waals surface area (Å²) >= 11 is 0. The van der Waals surface area contributed by atoms with Crippen LogP contribution in [0.5, 0.6) is 5.75 Å². The minimum atomic E-state index is -0.833. The van der Waals surface area contributed by atoms with Gasteiger partial charge in [-0.25, -0.2) is 13.6 Å². The number of hydrogen-bond donors (Lipinski definition) is 2. The highest BCUT2D eigenvalue weighted by molar-refractivity contribution is 5.74. The molecule has 2 heterocycles. The number of carboxylic acids is 1. The summed E-state index contributed by atoms with van der Waals surface area (Å²) in [7, 11) is 2.06. The number of rotatable bonds is 5. The Morgan fingerprint density at radius 2 is 1.83 bits per heavy atom. The summed E-state index contributed by atoms with van der Waals surface area (Å²) in [6.07, 6.45) is 2.42. The van der Waals surface area contributed by atoms with Crippen LogP contribution in [0.4, 0.5) is 13.6 Å². The minimum absolute atomic E-state index is 0.000548. The van der Waals surface area contributed by atoms with Crippen LogP contribution in [0.1, 0.15) is 50.3 Å². The van der Waals surface area contributed by atoms with Crippen LogP contribution in [0.3, 0.4) is 0 Å². The molecule has 0 atom stereocenters. The molecule has 0 unspecified atom stereocenters. The van der Waals surface area contributed by atoms with E-state index in [9.17, 15) is 13.6 Å². The Morgan fingerprint density at radius 1 is 1.17 bits per heavy atom. The van der Waals surface area contributed by atoms with Crippen molar-refractivity contribution in [3.63, 3.8) is 0 Å². The zero-order valence-corrected chi connectivity index (χ0v) is 21.3. The van der Waals surface area contributed by atoms with Gasteiger partial charge in [0, 0.05) is 43.1 Å². The van der Waals surface area contributed by atoms with Crippen LogP contribution >= 0.6 is 0 Å². The Bertz CT molecular complexity index is 1080. The highest BCUT2D eigenvalue weighted by Crippen LogP contribution is 2.36. The van der Waals surface area contributed by atoms with Crippen LogP contribution in [0.15, 0.2) is 36.4 Å². The van der Waals surface area contributed by atoms with Crippen LogP contribution in [0, 0.1) is 11.6 Å². The highest BCUT2D eigenvalue weighted by atomic mass is 19.1. The summed E-state index contributed by atoms with van der Waals surface area (Å²) in [6.45, 7) is 7.41. The molecule has 2 amide bonds. The van der Waals surface area contributed by atoms with Crippen LogP contribution in [-0.2, 0) is 24.3 Å². The number of carbonyl (C=O) groups is 2. The molecule has 7 nitrogen and oxygen atoms in total. The maximum atomic E-state index is 14.4. The lowest BCUT2D eigenvalue weighted by Gasteiger charge is -2.37. The molecule has 1 fully saturated rings. The Balaban J connectivity index is 0.000000840. The molecule has 0 radical (unpaired) electrons. The van der Waals surface area contributed by atoms with Crippen molar-refractivity contribution < 1.29 is 28.2 Å². The van der Waals surface area contributed by atoms with E-state index in [1.807, 2.05) is 18.2 Å². The Hall–Kier alpha value is -3.20. The van der Waals surface area contributed by atoms with Crippen molar-refractivity contribution in [1.82, 2.24) is 15.1 Å². The number of piperidine rings is 1. The molecule has 2 aliphatic heterocycles. The molecule has 0 bridgehead atoms. The zero-order valence-electron chi connectivity index (χ0n) is 21.3. The van der Waals surface area contributed by atoms with Gasteiger partial charge < -0.3 is 25.0 Å². The van der Waals surface area contributed by atoms with Crippen molar-refractivity contribution in [2.24, 2.45) is 0 Å². The van der Waals surface area contributed by atoms with Gasteiger partial charge in [0.1, 0.15) is 23.0 Å². The molecule has 4 rings (SSSR count). The number of fused-ring (bicyclic) bond motifs is 1. The van der Waals surface area contributed by atoms with E-state index in [-0.39, 0.29) is 24.2 Å². The van der Waals surface area contributed by atoms with Gasteiger partial charge in [-0.3, -0.25) is 4.79 Å². The fourth-order valence-electron chi connectivity index (χ4n) is 4.61. The number of carboxylic acid groups (broad SMARTS) is 1. The number of carbonyl (C=O) groups excluding carboxylic acids is 1. The molecule has 9 heteroatoms. The van der Waals surface area contributed by atoms with E-state index in [0.717, 1.165) is 62.2 Å². The average molecular weight is 504 g/mol. The van der Waals surface area contributed by atoms with Crippen LogP contribution in [0.2, 0.25) is 0 Å². The Morgan fingerprint density at radius 3 is 2.47 bits per heavy atom. The number of likely N-dealkylation sites (tertiary alicyclic amines) is 1. The summed E-state index contributed by atoms with van der Waals surface area (Å²) in [5.41, 5.74) is 2.20. The Labute approximate surface area is 211 Å². The van der Waals surface area contributed by atoms with E-state index in [1.165, 1.54) is 12.1 Å². The fraction of sp³-hybridized carbons (Fsp3) is 0.481. The number of aliphatic carboxylic acids is 1. The number of amides is 2. The first-order chi connectivity index (χ1) is 16.9. The predicted octanol–water partition coefficient (Wildman–Crippen LogP) is 4.58. The van der Waals surface area contributed by atoms with Gasteiger partial charge in [-0.2, -0.15) is 0 Å². The molecule has 2 aromatic carbocycles. The summed E-state index contributed by atoms with van der Waals surface area (Å²) in [4.78, 5) is 26.2. The van der Waals surface area contributed by atoms with Crippen molar-refractivity contribution in [3.05, 3.63) is 64.7 Å². The number of nitrogens with zero attached hydrogens (tertiary/aromatic N) is 2. The summed E-state index contributed by atoms with van der Waals surface area (Å²) in [5.74, 6) is -1.22. The lowest BCUT2D eigenvalue weighted by Crippen LogP contribution is -2.49. The van der Waals surface area contributed by atoms with Crippen molar-refractivity contribution in [2.45, 2.75) is 64.8 Å². The van der Waals surface area contributed by atoms with Gasteiger partial charge in [-0.15, -0.1) is 0 Å². The van der Waals surface area contributed by atoms with E-state index >= 15 is 0 Å². The molecule has 0 spiro atoms. The molecule has 0 saturated carbocycles. The van der Waals surface area contributed by atoms with Crippen LogP contribution < -0.4 is 10.1 Å². The molecule has 1 saturated heterocycles. The molecule has 0 aliphatic carbocycles. The van der Waals surface area contributed by atoms with Gasteiger partial charge in [0.25, 0.3) is 5.97 Å². The smallest absolute Gasteiger partial charge is 0.318 e. The first kappa shape index (κ1) is 27.4. The number of ether oxygens (including phenoxy) is 1. The largest absolute Gasteiger partial charge is 0.487 e. The maximum absolute atomic E-state index is 14.4. The first-order valence-electron chi connectivity index (χ1n) is 12.1. The average Bonchev–Trinajstić information content (AvgIpc) is 3.12. The van der Waals surface area contributed by atoms with Gasteiger partial charge in [0.2, 0.25) is 0 Å². The van der Waals surface area contributed by atoms with E-state index in [0.29, 0.717) is 12.1 Å².